The molecular formula is C19H18F3N3OS. The molecule has 4 nitrogen and oxygen atoms in total. The topological polar surface area (TPSA) is 82.0 Å². The van der Waals surface area contributed by atoms with Crippen molar-refractivity contribution in [3.63, 3.8) is 0 Å². The second-order valence-corrected chi connectivity index (χ2v) is 8.27. The lowest BCUT2D eigenvalue weighted by Crippen LogP contribution is -2.12. The number of carbonyl (C=O) groups excluding carboxylic acids is 1. The number of nitrogens with two attached hydrogens (primary N) is 2. The van der Waals surface area contributed by atoms with Gasteiger partial charge in [0.2, 0.25) is 0 Å². The van der Waals surface area contributed by atoms with Crippen LogP contribution in [0.5, 0.6) is 0 Å². The molecule has 1 amide bonds. The zero-order valence-electron chi connectivity index (χ0n) is 14.9. The first kappa shape index (κ1) is 19.2. The fourth-order valence-electron chi connectivity index (χ4n) is 2.82. The summed E-state index contributed by atoms with van der Waals surface area (Å²) in [5, 5.41) is -0.281. The van der Waals surface area contributed by atoms with E-state index in [1.165, 1.54) is 0 Å². The number of fused-ring (bicyclic) bond motifs is 1. The van der Waals surface area contributed by atoms with E-state index in [1.54, 1.807) is 12.1 Å². The maximum Gasteiger partial charge on any atom is 0.417 e. The average Bonchev–Trinajstić information content (AvgIpc) is 2.89. The van der Waals surface area contributed by atoms with E-state index >= 15 is 0 Å². The van der Waals surface area contributed by atoms with Crippen LogP contribution in [0.15, 0.2) is 30.3 Å². The normalized spacial score (nSPS) is 12.5. The number of nitrogen functional groups attached to an aromatic ring is 1. The Kier molecular flexibility index (Phi) is 4.42. The molecule has 3 aromatic rings. The van der Waals surface area contributed by atoms with Crippen LogP contribution in [0, 0.1) is 0 Å². The summed E-state index contributed by atoms with van der Waals surface area (Å²) in [5.74, 6) is -0.875. The predicted octanol–water partition coefficient (Wildman–Crippen LogP) is 4.96. The van der Waals surface area contributed by atoms with Crippen LogP contribution >= 0.6 is 11.3 Å². The molecule has 0 saturated carbocycles. The van der Waals surface area contributed by atoms with Crippen molar-refractivity contribution in [2.24, 2.45) is 5.73 Å². The number of hydrogen-bond donors (Lipinski definition) is 2. The summed E-state index contributed by atoms with van der Waals surface area (Å²) < 4.78 is 40.9. The Morgan fingerprint density at radius 2 is 1.70 bits per heavy atom. The molecule has 0 saturated heterocycles. The van der Waals surface area contributed by atoms with E-state index in [2.05, 4.69) is 4.98 Å². The van der Waals surface area contributed by atoms with Crippen LogP contribution in [-0.4, -0.2) is 10.9 Å². The molecular weight excluding hydrogens is 375 g/mol. The number of hydrogen-bond acceptors (Lipinski definition) is 4. The highest BCUT2D eigenvalue weighted by atomic mass is 32.1. The lowest BCUT2D eigenvalue weighted by molar-refractivity contribution is -0.136. The van der Waals surface area contributed by atoms with Gasteiger partial charge in [0.15, 0.2) is 0 Å². The van der Waals surface area contributed by atoms with Crippen LogP contribution in [0.4, 0.5) is 18.9 Å². The van der Waals surface area contributed by atoms with Crippen LogP contribution in [0.2, 0.25) is 0 Å². The van der Waals surface area contributed by atoms with Crippen LogP contribution in [0.25, 0.3) is 21.5 Å². The van der Waals surface area contributed by atoms with Gasteiger partial charge in [0.1, 0.15) is 9.71 Å². The molecule has 0 spiro atoms. The SMILES string of the molecule is CC(C)(C)c1ccc(-c2cc(C(F)(F)F)c3c(N)c(C(N)=O)sc3n2)cc1. The van der Waals surface area contributed by atoms with E-state index < -0.39 is 17.6 Å². The standard InChI is InChI=1S/C19H18F3N3OS/c1-18(2,3)10-6-4-9(5-7-10)12-8-11(19(20,21)22)13-14(23)15(16(24)26)27-17(13)25-12/h4-8H,23H2,1-3H3,(H2,24,26). The Labute approximate surface area is 158 Å². The number of alkyl halides is 3. The van der Waals surface area contributed by atoms with Crippen LogP contribution in [-0.2, 0) is 11.6 Å². The molecule has 8 heteroatoms. The van der Waals surface area contributed by atoms with Crippen molar-refractivity contribution in [1.29, 1.82) is 0 Å². The molecule has 0 aliphatic carbocycles. The molecule has 0 aliphatic rings. The van der Waals surface area contributed by atoms with Crippen molar-refractivity contribution in [2.45, 2.75) is 32.4 Å². The molecule has 2 heterocycles. The first-order valence-electron chi connectivity index (χ1n) is 8.10. The minimum atomic E-state index is -4.65. The zero-order valence-corrected chi connectivity index (χ0v) is 15.8. The van der Waals surface area contributed by atoms with Crippen LogP contribution < -0.4 is 11.5 Å². The quantitative estimate of drug-likeness (QED) is 0.645. The number of nitrogens with zero attached hydrogens (tertiary/aromatic N) is 1. The molecule has 0 atom stereocenters. The maximum absolute atomic E-state index is 13.6. The van der Waals surface area contributed by atoms with Gasteiger partial charge in [-0.2, -0.15) is 13.2 Å². The van der Waals surface area contributed by atoms with Gasteiger partial charge in [-0.15, -0.1) is 11.3 Å². The number of carbonyl (C=O) groups is 1. The van der Waals surface area contributed by atoms with Gasteiger partial charge in [0, 0.05) is 10.9 Å². The lowest BCUT2D eigenvalue weighted by Gasteiger charge is -2.19. The first-order chi connectivity index (χ1) is 12.4. The Balaban J connectivity index is 2.25. The van der Waals surface area contributed by atoms with E-state index in [0.717, 1.165) is 23.0 Å². The van der Waals surface area contributed by atoms with Gasteiger partial charge in [-0.1, -0.05) is 45.0 Å². The number of primary amides is 1. The third-order valence-corrected chi connectivity index (χ3v) is 5.39. The third-order valence-electron chi connectivity index (χ3n) is 4.27. The molecule has 0 radical (unpaired) electrons. The Morgan fingerprint density at radius 3 is 2.19 bits per heavy atom. The van der Waals surface area contributed by atoms with Gasteiger partial charge >= 0.3 is 6.18 Å². The van der Waals surface area contributed by atoms with E-state index in [-0.39, 0.29) is 31.9 Å². The summed E-state index contributed by atoms with van der Waals surface area (Å²) in [6, 6.07) is 8.17. The summed E-state index contributed by atoms with van der Waals surface area (Å²) in [7, 11) is 0. The summed E-state index contributed by atoms with van der Waals surface area (Å²) in [6.07, 6.45) is -4.65. The molecule has 0 fully saturated rings. The molecule has 142 valence electrons. The van der Waals surface area contributed by atoms with Crippen molar-refractivity contribution in [3.8, 4) is 11.3 Å². The molecule has 1 aromatic carbocycles. The number of rotatable bonds is 2. The predicted molar refractivity (Wildman–Crippen MR) is 102 cm³/mol. The number of pyridine rings is 1. The number of aromatic nitrogens is 1. The monoisotopic (exact) mass is 393 g/mol. The first-order valence-corrected chi connectivity index (χ1v) is 8.92. The number of thiophene rings is 1. The van der Waals surface area contributed by atoms with Gasteiger partial charge in [0.25, 0.3) is 5.91 Å². The number of benzene rings is 1. The van der Waals surface area contributed by atoms with Gasteiger partial charge in [0.05, 0.1) is 16.9 Å². The highest BCUT2D eigenvalue weighted by Crippen LogP contribution is 2.43. The van der Waals surface area contributed by atoms with E-state index in [9.17, 15) is 18.0 Å². The van der Waals surface area contributed by atoms with Gasteiger partial charge < -0.3 is 11.5 Å². The minimum absolute atomic E-state index is 0.0334. The van der Waals surface area contributed by atoms with E-state index in [4.69, 9.17) is 11.5 Å². The summed E-state index contributed by atoms with van der Waals surface area (Å²) in [5.41, 5.74) is 11.5. The molecule has 0 bridgehead atoms. The molecule has 27 heavy (non-hydrogen) atoms. The second-order valence-electron chi connectivity index (χ2n) is 7.27. The van der Waals surface area contributed by atoms with Crippen molar-refractivity contribution >= 4 is 33.1 Å². The fraction of sp³-hybridized carbons (Fsp3) is 0.263. The highest BCUT2D eigenvalue weighted by molar-refractivity contribution is 7.21. The highest BCUT2D eigenvalue weighted by Gasteiger charge is 2.36. The maximum atomic E-state index is 13.6. The van der Waals surface area contributed by atoms with Crippen molar-refractivity contribution in [3.05, 3.63) is 46.3 Å². The lowest BCUT2D eigenvalue weighted by atomic mass is 9.86. The van der Waals surface area contributed by atoms with E-state index in [0.29, 0.717) is 5.56 Å². The van der Waals surface area contributed by atoms with Crippen molar-refractivity contribution in [1.82, 2.24) is 4.98 Å². The second kappa shape index (κ2) is 6.23. The van der Waals surface area contributed by atoms with Crippen LogP contribution in [0.3, 0.4) is 0 Å². The molecule has 2 aromatic heterocycles. The largest absolute Gasteiger partial charge is 0.417 e. The Bertz CT molecular complexity index is 1030. The summed E-state index contributed by atoms with van der Waals surface area (Å²) in [4.78, 5) is 15.7. The fourth-order valence-corrected chi connectivity index (χ4v) is 3.79. The Hall–Kier alpha value is -2.61. The summed E-state index contributed by atoms with van der Waals surface area (Å²) in [6.45, 7) is 6.15. The van der Waals surface area contributed by atoms with Crippen molar-refractivity contribution < 1.29 is 18.0 Å². The van der Waals surface area contributed by atoms with Gasteiger partial charge in [-0.3, -0.25) is 4.79 Å². The molecule has 3 rings (SSSR count). The number of amides is 1. The third kappa shape index (κ3) is 3.49. The van der Waals surface area contributed by atoms with Gasteiger partial charge in [-0.05, 0) is 17.0 Å². The molecule has 4 N–H and O–H groups in total. The van der Waals surface area contributed by atoms with E-state index in [1.807, 2.05) is 32.9 Å². The zero-order chi connectivity index (χ0) is 20.1. The van der Waals surface area contributed by atoms with Crippen LogP contribution in [0.1, 0.15) is 41.6 Å². The summed E-state index contributed by atoms with van der Waals surface area (Å²) >= 11 is 0.768. The number of halogens is 3. The average molecular weight is 393 g/mol. The number of anilines is 1. The molecule has 0 unspecified atom stereocenters. The smallest absolute Gasteiger partial charge is 0.397 e. The van der Waals surface area contributed by atoms with Crippen molar-refractivity contribution in [2.75, 3.05) is 5.73 Å². The molecule has 0 aliphatic heterocycles. The minimum Gasteiger partial charge on any atom is -0.397 e. The Morgan fingerprint density at radius 1 is 1.11 bits per heavy atom. The van der Waals surface area contributed by atoms with Gasteiger partial charge in [-0.25, -0.2) is 4.98 Å².